The van der Waals surface area contributed by atoms with Gasteiger partial charge in [-0.05, 0) is 19.1 Å². The Kier molecular flexibility index (Phi) is 3.50. The van der Waals surface area contributed by atoms with Gasteiger partial charge in [0.1, 0.15) is 6.04 Å². The maximum absolute atomic E-state index is 12.2. The molecule has 1 aromatic carbocycles. The molecule has 0 saturated heterocycles. The third kappa shape index (κ3) is 2.50. The van der Waals surface area contributed by atoms with Crippen molar-refractivity contribution >= 4 is 17.0 Å². The Hall–Kier alpha value is -2.90. The minimum atomic E-state index is -0.722. The van der Waals surface area contributed by atoms with Gasteiger partial charge >= 0.3 is 5.76 Å². The fourth-order valence-electron chi connectivity index (χ4n) is 2.19. The maximum atomic E-state index is 12.2. The first-order chi connectivity index (χ1) is 10.6. The summed E-state index contributed by atoms with van der Waals surface area (Å²) in [6, 6.07) is 6.22. The first-order valence-electron chi connectivity index (χ1n) is 6.73. The van der Waals surface area contributed by atoms with Crippen LogP contribution >= 0.6 is 0 Å². The number of benzene rings is 1. The standard InChI is InChI=1S/C14H14N4O4/c1-8(13(19)15-7-12-17-16-9(2)21-12)18-10-5-3-4-6-11(10)22-14(18)20/h3-6,8H,7H2,1-2H3,(H,15,19)/t8-/m0/s1. The van der Waals surface area contributed by atoms with Gasteiger partial charge in [0.2, 0.25) is 17.7 Å². The molecule has 3 aromatic rings. The normalized spacial score (nSPS) is 12.5. The van der Waals surface area contributed by atoms with Gasteiger partial charge in [0.15, 0.2) is 5.58 Å². The van der Waals surface area contributed by atoms with E-state index in [4.69, 9.17) is 8.83 Å². The molecule has 0 aliphatic rings. The fourth-order valence-corrected chi connectivity index (χ4v) is 2.19. The largest absolute Gasteiger partial charge is 0.424 e. The Morgan fingerprint density at radius 1 is 1.32 bits per heavy atom. The van der Waals surface area contributed by atoms with Crippen LogP contribution in [0.25, 0.3) is 11.1 Å². The van der Waals surface area contributed by atoms with Gasteiger partial charge in [0.25, 0.3) is 0 Å². The van der Waals surface area contributed by atoms with Crippen LogP contribution in [-0.2, 0) is 11.3 Å². The molecule has 0 radical (unpaired) electrons. The number of aromatic nitrogens is 3. The van der Waals surface area contributed by atoms with Crippen LogP contribution in [0.1, 0.15) is 24.7 Å². The lowest BCUT2D eigenvalue weighted by Gasteiger charge is -2.12. The second-order valence-electron chi connectivity index (χ2n) is 4.81. The first-order valence-corrected chi connectivity index (χ1v) is 6.73. The van der Waals surface area contributed by atoms with Gasteiger partial charge in [-0.2, -0.15) is 0 Å². The predicted octanol–water partition coefficient (Wildman–Crippen LogP) is 1.16. The highest BCUT2D eigenvalue weighted by Crippen LogP contribution is 2.16. The Labute approximate surface area is 124 Å². The molecule has 8 heteroatoms. The number of hydrogen-bond acceptors (Lipinski definition) is 6. The van der Waals surface area contributed by atoms with E-state index >= 15 is 0 Å². The zero-order chi connectivity index (χ0) is 15.7. The van der Waals surface area contributed by atoms with E-state index in [1.165, 1.54) is 4.57 Å². The number of rotatable bonds is 4. The van der Waals surface area contributed by atoms with Crippen LogP contribution in [0.15, 0.2) is 37.9 Å². The molecule has 1 atom stereocenters. The van der Waals surface area contributed by atoms with E-state index < -0.39 is 11.8 Å². The van der Waals surface area contributed by atoms with E-state index in [9.17, 15) is 9.59 Å². The summed E-state index contributed by atoms with van der Waals surface area (Å²) in [6.45, 7) is 3.39. The Morgan fingerprint density at radius 2 is 2.09 bits per heavy atom. The lowest BCUT2D eigenvalue weighted by Crippen LogP contribution is -2.34. The van der Waals surface area contributed by atoms with Crippen molar-refractivity contribution in [1.29, 1.82) is 0 Å². The highest BCUT2D eigenvalue weighted by atomic mass is 16.4. The Bertz CT molecular complexity index is 876. The van der Waals surface area contributed by atoms with Crippen molar-refractivity contribution < 1.29 is 13.6 Å². The van der Waals surface area contributed by atoms with Crippen molar-refractivity contribution in [3.8, 4) is 0 Å². The molecule has 1 N–H and O–H groups in total. The second-order valence-corrected chi connectivity index (χ2v) is 4.81. The van der Waals surface area contributed by atoms with Gasteiger partial charge in [-0.15, -0.1) is 10.2 Å². The van der Waals surface area contributed by atoms with Crippen molar-refractivity contribution in [2.45, 2.75) is 26.4 Å². The van der Waals surface area contributed by atoms with E-state index in [1.54, 1.807) is 38.1 Å². The topological polar surface area (TPSA) is 103 Å². The van der Waals surface area contributed by atoms with Crippen LogP contribution in [0.5, 0.6) is 0 Å². The molecule has 0 aliphatic carbocycles. The molecule has 22 heavy (non-hydrogen) atoms. The summed E-state index contributed by atoms with van der Waals surface area (Å²) in [7, 11) is 0. The number of para-hydroxylation sites is 2. The van der Waals surface area contributed by atoms with Crippen LogP contribution in [0.4, 0.5) is 0 Å². The van der Waals surface area contributed by atoms with Crippen molar-refractivity contribution in [2.24, 2.45) is 0 Å². The molecular formula is C14H14N4O4. The van der Waals surface area contributed by atoms with Crippen LogP contribution in [0.3, 0.4) is 0 Å². The lowest BCUT2D eigenvalue weighted by atomic mass is 10.2. The number of nitrogens with zero attached hydrogens (tertiary/aromatic N) is 3. The second kappa shape index (κ2) is 5.47. The zero-order valence-corrected chi connectivity index (χ0v) is 12.1. The summed E-state index contributed by atoms with van der Waals surface area (Å²) in [4.78, 5) is 24.2. The molecule has 8 nitrogen and oxygen atoms in total. The van der Waals surface area contributed by atoms with Gasteiger partial charge in [0.05, 0.1) is 12.1 Å². The summed E-state index contributed by atoms with van der Waals surface area (Å²) >= 11 is 0. The van der Waals surface area contributed by atoms with Crippen molar-refractivity contribution in [2.75, 3.05) is 0 Å². The zero-order valence-electron chi connectivity index (χ0n) is 12.1. The van der Waals surface area contributed by atoms with Gasteiger partial charge in [-0.1, -0.05) is 12.1 Å². The summed E-state index contributed by atoms with van der Waals surface area (Å²) < 4.78 is 11.6. The van der Waals surface area contributed by atoms with Gasteiger partial charge in [-0.25, -0.2) is 4.79 Å². The number of aryl methyl sites for hydroxylation is 1. The molecule has 3 rings (SSSR count). The maximum Gasteiger partial charge on any atom is 0.420 e. The fraction of sp³-hybridized carbons (Fsp3) is 0.286. The summed E-state index contributed by atoms with van der Waals surface area (Å²) in [5, 5.41) is 10.1. The SMILES string of the molecule is Cc1nnc(CNC(=O)[C@H](C)n2c(=O)oc3ccccc32)o1. The predicted molar refractivity (Wildman–Crippen MR) is 76.1 cm³/mol. The summed E-state index contributed by atoms with van der Waals surface area (Å²) in [5.41, 5.74) is 1.02. The van der Waals surface area contributed by atoms with E-state index in [2.05, 4.69) is 15.5 Å². The molecule has 0 aliphatic heterocycles. The van der Waals surface area contributed by atoms with E-state index in [1.807, 2.05) is 0 Å². The average molecular weight is 302 g/mol. The lowest BCUT2D eigenvalue weighted by molar-refractivity contribution is -0.124. The molecule has 2 heterocycles. The van der Waals surface area contributed by atoms with Crippen molar-refractivity contribution in [3.05, 3.63) is 46.6 Å². The molecule has 114 valence electrons. The van der Waals surface area contributed by atoms with E-state index in [0.717, 1.165) is 0 Å². The highest BCUT2D eigenvalue weighted by Gasteiger charge is 2.21. The van der Waals surface area contributed by atoms with Crippen LogP contribution in [-0.4, -0.2) is 20.7 Å². The quantitative estimate of drug-likeness (QED) is 0.775. The van der Waals surface area contributed by atoms with Crippen LogP contribution in [0.2, 0.25) is 0 Å². The highest BCUT2D eigenvalue weighted by molar-refractivity contribution is 5.82. The third-order valence-corrected chi connectivity index (χ3v) is 3.27. The number of nitrogens with one attached hydrogen (secondary N) is 1. The van der Waals surface area contributed by atoms with Crippen molar-refractivity contribution in [1.82, 2.24) is 20.1 Å². The minimum Gasteiger partial charge on any atom is -0.424 e. The Balaban J connectivity index is 1.80. The van der Waals surface area contributed by atoms with Gasteiger partial charge in [-0.3, -0.25) is 9.36 Å². The molecule has 0 saturated carbocycles. The van der Waals surface area contributed by atoms with Gasteiger partial charge < -0.3 is 14.2 Å². The monoisotopic (exact) mass is 302 g/mol. The molecule has 0 fully saturated rings. The van der Waals surface area contributed by atoms with E-state index in [-0.39, 0.29) is 12.5 Å². The van der Waals surface area contributed by atoms with Gasteiger partial charge in [0, 0.05) is 6.92 Å². The average Bonchev–Trinajstić information content (AvgIpc) is 3.06. The molecule has 1 amide bonds. The molecule has 2 aromatic heterocycles. The molecular weight excluding hydrogens is 288 g/mol. The Morgan fingerprint density at radius 3 is 2.82 bits per heavy atom. The van der Waals surface area contributed by atoms with Crippen molar-refractivity contribution in [3.63, 3.8) is 0 Å². The van der Waals surface area contributed by atoms with Crippen LogP contribution < -0.4 is 11.1 Å². The third-order valence-electron chi connectivity index (χ3n) is 3.27. The molecule has 0 bridgehead atoms. The number of carbonyl (C=O) groups is 1. The summed E-state index contributed by atoms with van der Waals surface area (Å²) in [5.74, 6) is -0.182. The molecule has 0 unspecified atom stereocenters. The number of hydrogen-bond donors (Lipinski definition) is 1. The molecule has 0 spiro atoms. The number of fused-ring (bicyclic) bond motifs is 1. The van der Waals surface area contributed by atoms with E-state index in [0.29, 0.717) is 22.9 Å². The number of amides is 1. The smallest absolute Gasteiger partial charge is 0.420 e. The number of carbonyl (C=O) groups excluding carboxylic acids is 1. The van der Waals surface area contributed by atoms with Crippen LogP contribution in [0, 0.1) is 6.92 Å². The summed E-state index contributed by atoms with van der Waals surface area (Å²) in [6.07, 6.45) is 0. The minimum absolute atomic E-state index is 0.106. The number of oxazole rings is 1. The first kappa shape index (κ1) is 14.1.